The van der Waals surface area contributed by atoms with Gasteiger partial charge in [0.05, 0.1) is 12.0 Å². The minimum Gasteiger partial charge on any atom is -0.463 e. The minimum absolute atomic E-state index is 0.00220. The molecule has 4 aromatic rings. The lowest BCUT2D eigenvalue weighted by Crippen LogP contribution is -2.23. The van der Waals surface area contributed by atoms with Crippen LogP contribution in [0.1, 0.15) is 26.4 Å². The summed E-state index contributed by atoms with van der Waals surface area (Å²) < 4.78 is 5.25. The molecule has 0 aliphatic heterocycles. The number of aromatic nitrogens is 2. The Morgan fingerprint density at radius 3 is 2.86 bits per heavy atom. The van der Waals surface area contributed by atoms with Gasteiger partial charge in [0.1, 0.15) is 11.3 Å². The molecule has 6 nitrogen and oxygen atoms in total. The molecular weight excluding hydrogens is 410 g/mol. The highest BCUT2D eigenvalue weighted by molar-refractivity contribution is 7.15. The number of amides is 1. The first-order valence-corrected chi connectivity index (χ1v) is 9.97. The van der Waals surface area contributed by atoms with E-state index < -0.39 is 11.5 Å². The molecule has 0 spiro atoms. The molecule has 1 amide bonds. The highest BCUT2D eigenvalue weighted by Gasteiger charge is 2.14. The van der Waals surface area contributed by atoms with Crippen LogP contribution in [-0.2, 0) is 6.42 Å². The van der Waals surface area contributed by atoms with Gasteiger partial charge in [0, 0.05) is 22.5 Å². The topological polar surface area (TPSA) is 88.0 Å². The number of carbonyl (C=O) groups is 1. The molecule has 3 aromatic heterocycles. The van der Waals surface area contributed by atoms with Gasteiger partial charge in [-0.1, -0.05) is 23.7 Å². The molecule has 0 fully saturated rings. The zero-order valence-electron chi connectivity index (χ0n) is 15.4. The highest BCUT2D eigenvalue weighted by Crippen LogP contribution is 2.24. The summed E-state index contributed by atoms with van der Waals surface area (Å²) >= 11 is 7.53. The van der Waals surface area contributed by atoms with E-state index in [2.05, 4.69) is 15.3 Å². The van der Waals surface area contributed by atoms with Crippen molar-refractivity contribution in [2.75, 3.05) is 5.32 Å². The second-order valence-corrected chi connectivity index (χ2v) is 7.96. The molecule has 0 aliphatic rings. The van der Waals surface area contributed by atoms with E-state index in [1.54, 1.807) is 24.4 Å². The Hall–Kier alpha value is -3.16. The third kappa shape index (κ3) is 4.31. The molecule has 0 saturated heterocycles. The van der Waals surface area contributed by atoms with Crippen LogP contribution in [0.25, 0.3) is 11.5 Å². The lowest BCUT2D eigenvalue weighted by Gasteiger charge is -2.03. The standard InChI is InChI=1S/C21H16ClN3O3S/c1-12-4-5-13(10-16(12)22)9-14-11-23-21(29-14)25-20(27)15-6-7-17(24-19(15)26)18-3-2-8-28-18/h2-8,10-11H,9H2,1H3,(H,24,26)(H,23,25,27). The van der Waals surface area contributed by atoms with E-state index in [4.69, 9.17) is 16.0 Å². The second-order valence-electron chi connectivity index (χ2n) is 6.44. The lowest BCUT2D eigenvalue weighted by atomic mass is 10.1. The number of H-pyrrole nitrogens is 1. The largest absolute Gasteiger partial charge is 0.463 e. The van der Waals surface area contributed by atoms with Gasteiger partial charge in [-0.3, -0.25) is 14.9 Å². The summed E-state index contributed by atoms with van der Waals surface area (Å²) in [6, 6.07) is 12.5. The van der Waals surface area contributed by atoms with Crippen molar-refractivity contribution >= 4 is 34.0 Å². The van der Waals surface area contributed by atoms with Gasteiger partial charge in [-0.2, -0.15) is 0 Å². The number of nitrogens with one attached hydrogen (secondary N) is 2. The number of hydrogen-bond donors (Lipinski definition) is 2. The molecule has 29 heavy (non-hydrogen) atoms. The molecule has 0 bridgehead atoms. The van der Waals surface area contributed by atoms with Crippen molar-refractivity contribution in [1.82, 2.24) is 9.97 Å². The van der Waals surface area contributed by atoms with E-state index in [-0.39, 0.29) is 5.56 Å². The molecule has 1 aromatic carbocycles. The van der Waals surface area contributed by atoms with E-state index in [1.807, 2.05) is 25.1 Å². The van der Waals surface area contributed by atoms with Crippen LogP contribution < -0.4 is 10.9 Å². The summed E-state index contributed by atoms with van der Waals surface area (Å²) in [7, 11) is 0. The Bertz CT molecular complexity index is 1230. The van der Waals surface area contributed by atoms with E-state index in [9.17, 15) is 9.59 Å². The number of hydrogen-bond acceptors (Lipinski definition) is 5. The highest BCUT2D eigenvalue weighted by atomic mass is 35.5. The maximum Gasteiger partial charge on any atom is 0.263 e. The maximum atomic E-state index is 12.5. The molecule has 3 heterocycles. The maximum absolute atomic E-state index is 12.5. The smallest absolute Gasteiger partial charge is 0.263 e. The number of pyridine rings is 1. The minimum atomic E-state index is -0.517. The van der Waals surface area contributed by atoms with Crippen LogP contribution in [0, 0.1) is 6.92 Å². The Labute approximate surface area is 175 Å². The van der Waals surface area contributed by atoms with Crippen molar-refractivity contribution in [1.29, 1.82) is 0 Å². The molecule has 146 valence electrons. The summed E-state index contributed by atoms with van der Waals surface area (Å²) in [6.45, 7) is 1.95. The molecule has 0 unspecified atom stereocenters. The van der Waals surface area contributed by atoms with Gasteiger partial charge in [-0.05, 0) is 48.4 Å². The SMILES string of the molecule is Cc1ccc(Cc2cnc(NC(=O)c3ccc(-c4ccco4)[nH]c3=O)s2)cc1Cl. The number of nitrogens with zero attached hydrogens (tertiary/aromatic N) is 1. The first kappa shape index (κ1) is 19.2. The van der Waals surface area contributed by atoms with Crippen molar-refractivity contribution in [2.45, 2.75) is 13.3 Å². The zero-order chi connectivity index (χ0) is 20.4. The van der Waals surface area contributed by atoms with Crippen molar-refractivity contribution in [2.24, 2.45) is 0 Å². The number of carbonyl (C=O) groups excluding carboxylic acids is 1. The third-order valence-corrected chi connectivity index (χ3v) is 5.65. The van der Waals surface area contributed by atoms with Gasteiger partial charge < -0.3 is 9.40 Å². The van der Waals surface area contributed by atoms with Crippen LogP contribution in [0.3, 0.4) is 0 Å². The molecule has 4 rings (SSSR count). The van der Waals surface area contributed by atoms with Crippen molar-refractivity contribution < 1.29 is 9.21 Å². The number of furan rings is 1. The van der Waals surface area contributed by atoms with Crippen LogP contribution in [0.5, 0.6) is 0 Å². The van der Waals surface area contributed by atoms with Gasteiger partial charge in [0.25, 0.3) is 11.5 Å². The fraction of sp³-hybridized carbons (Fsp3) is 0.0952. The number of benzene rings is 1. The van der Waals surface area contributed by atoms with Gasteiger partial charge in [0.2, 0.25) is 0 Å². The normalized spacial score (nSPS) is 10.8. The first-order chi connectivity index (χ1) is 14.0. The van der Waals surface area contributed by atoms with Crippen molar-refractivity contribution in [3.8, 4) is 11.5 Å². The molecular formula is C21H16ClN3O3S. The van der Waals surface area contributed by atoms with Crippen LogP contribution >= 0.6 is 22.9 Å². The monoisotopic (exact) mass is 425 g/mol. The third-order valence-electron chi connectivity index (χ3n) is 4.33. The summed E-state index contributed by atoms with van der Waals surface area (Å²) in [4.78, 5) is 32.6. The summed E-state index contributed by atoms with van der Waals surface area (Å²) in [5, 5.41) is 3.83. The lowest BCUT2D eigenvalue weighted by molar-refractivity contribution is 0.102. The Morgan fingerprint density at radius 2 is 2.14 bits per heavy atom. The van der Waals surface area contributed by atoms with E-state index in [0.29, 0.717) is 23.0 Å². The zero-order valence-corrected chi connectivity index (χ0v) is 16.9. The Morgan fingerprint density at radius 1 is 1.28 bits per heavy atom. The quantitative estimate of drug-likeness (QED) is 0.476. The Balaban J connectivity index is 1.46. The molecule has 0 radical (unpaired) electrons. The van der Waals surface area contributed by atoms with Crippen LogP contribution in [0.4, 0.5) is 5.13 Å². The van der Waals surface area contributed by atoms with Crippen LogP contribution in [-0.4, -0.2) is 15.9 Å². The van der Waals surface area contributed by atoms with Gasteiger partial charge in [-0.25, -0.2) is 4.98 Å². The summed E-state index contributed by atoms with van der Waals surface area (Å²) in [6.07, 6.45) is 3.88. The molecule has 0 aliphatic carbocycles. The number of thiazole rings is 1. The summed E-state index contributed by atoms with van der Waals surface area (Å²) in [5.74, 6) is 0.00589. The fourth-order valence-corrected chi connectivity index (χ4v) is 3.83. The second kappa shape index (κ2) is 8.06. The Kier molecular flexibility index (Phi) is 5.33. The average molecular weight is 426 g/mol. The molecule has 0 saturated carbocycles. The number of halogens is 1. The van der Waals surface area contributed by atoms with E-state index in [0.717, 1.165) is 21.0 Å². The number of aryl methyl sites for hydroxylation is 1. The molecule has 8 heteroatoms. The number of aromatic amines is 1. The van der Waals surface area contributed by atoms with Crippen LogP contribution in [0.15, 0.2) is 64.1 Å². The fourth-order valence-electron chi connectivity index (χ4n) is 2.79. The number of anilines is 1. The molecule has 2 N–H and O–H groups in total. The van der Waals surface area contributed by atoms with Crippen molar-refractivity contribution in [3.05, 3.63) is 91.9 Å². The number of rotatable bonds is 5. The van der Waals surface area contributed by atoms with E-state index >= 15 is 0 Å². The van der Waals surface area contributed by atoms with Crippen LogP contribution in [0.2, 0.25) is 5.02 Å². The van der Waals surface area contributed by atoms with Crippen molar-refractivity contribution in [3.63, 3.8) is 0 Å². The van der Waals surface area contributed by atoms with Gasteiger partial charge in [-0.15, -0.1) is 11.3 Å². The van der Waals surface area contributed by atoms with Gasteiger partial charge in [0.15, 0.2) is 5.13 Å². The van der Waals surface area contributed by atoms with E-state index in [1.165, 1.54) is 23.7 Å². The molecule has 0 atom stereocenters. The van der Waals surface area contributed by atoms with Gasteiger partial charge >= 0.3 is 0 Å². The summed E-state index contributed by atoms with van der Waals surface area (Å²) in [5.41, 5.74) is 2.10. The average Bonchev–Trinajstić information content (AvgIpc) is 3.37. The predicted octanol–water partition coefficient (Wildman–Crippen LogP) is 4.90. The first-order valence-electron chi connectivity index (χ1n) is 8.78. The predicted molar refractivity (Wildman–Crippen MR) is 114 cm³/mol.